The summed E-state index contributed by atoms with van der Waals surface area (Å²) in [4.78, 5) is 30.4. The highest BCUT2D eigenvalue weighted by molar-refractivity contribution is 9.10. The van der Waals surface area contributed by atoms with Crippen LogP contribution in [0.15, 0.2) is 38.7 Å². The van der Waals surface area contributed by atoms with Gasteiger partial charge in [0.25, 0.3) is 5.91 Å². The second kappa shape index (κ2) is 8.61. The molecule has 2 N–H and O–H groups in total. The molecule has 0 bridgehead atoms. The Morgan fingerprint density at radius 3 is 2.77 bits per heavy atom. The Morgan fingerprint density at radius 1 is 1.23 bits per heavy atom. The van der Waals surface area contributed by atoms with Crippen LogP contribution in [0.4, 0.5) is 0 Å². The number of hydrogen-bond donors (Lipinski definition) is 2. The molecule has 0 fully saturated rings. The molecule has 0 saturated carbocycles. The molecule has 3 aromatic heterocycles. The topological polar surface area (TPSA) is 84.2 Å². The average Bonchev–Trinajstić information content (AvgIpc) is 3.34. The van der Waals surface area contributed by atoms with Crippen LogP contribution in [0.3, 0.4) is 0 Å². The largest absolute Gasteiger partial charge is 0.444 e. The first-order chi connectivity index (χ1) is 12.5. The van der Waals surface area contributed by atoms with E-state index in [-0.39, 0.29) is 18.2 Å². The minimum atomic E-state index is -0.424. The zero-order chi connectivity index (χ0) is 18.5. The molecule has 3 aromatic rings. The lowest BCUT2D eigenvalue weighted by atomic mass is 10.3. The molecule has 0 radical (unpaired) electrons. The third-order valence-electron chi connectivity index (χ3n) is 3.43. The molecule has 0 spiro atoms. The van der Waals surface area contributed by atoms with Crippen LogP contribution in [0.1, 0.15) is 20.4 Å². The Balaban J connectivity index is 1.40. The maximum absolute atomic E-state index is 11.8. The number of furan rings is 1. The first-order valence-corrected chi connectivity index (χ1v) is 10.3. The van der Waals surface area contributed by atoms with E-state index in [1.165, 1.54) is 10.9 Å². The van der Waals surface area contributed by atoms with Crippen LogP contribution in [0, 0.1) is 6.92 Å². The molecule has 0 aliphatic rings. The lowest BCUT2D eigenvalue weighted by Gasteiger charge is -2.05. The molecule has 2 amide bonds. The highest BCUT2D eigenvalue weighted by Crippen LogP contribution is 2.29. The van der Waals surface area contributed by atoms with Crippen LogP contribution < -0.4 is 10.6 Å². The van der Waals surface area contributed by atoms with E-state index < -0.39 is 5.91 Å². The number of rotatable bonds is 7. The summed E-state index contributed by atoms with van der Waals surface area (Å²) in [6, 6.07) is 7.27. The van der Waals surface area contributed by atoms with Gasteiger partial charge in [-0.3, -0.25) is 9.59 Å². The number of carbonyl (C=O) groups is 2. The van der Waals surface area contributed by atoms with Crippen LogP contribution in [0.2, 0.25) is 0 Å². The number of aromatic nitrogens is 1. The molecule has 0 unspecified atom stereocenters. The van der Waals surface area contributed by atoms with Gasteiger partial charge in [-0.2, -0.15) is 0 Å². The predicted octanol–water partition coefficient (Wildman–Crippen LogP) is 3.62. The van der Waals surface area contributed by atoms with Crippen molar-refractivity contribution in [2.75, 3.05) is 13.1 Å². The van der Waals surface area contributed by atoms with Crippen LogP contribution in [-0.4, -0.2) is 29.9 Å². The molecule has 6 nitrogen and oxygen atoms in total. The van der Waals surface area contributed by atoms with Gasteiger partial charge in [0.2, 0.25) is 5.91 Å². The Bertz CT molecular complexity index is 916. The minimum absolute atomic E-state index is 0.0923. The average molecular weight is 454 g/mol. The molecule has 3 heterocycles. The summed E-state index contributed by atoms with van der Waals surface area (Å²) in [5.74, 6) is -0.503. The molecule has 0 aliphatic carbocycles. The zero-order valence-electron chi connectivity index (χ0n) is 13.9. The SMILES string of the molecule is Cc1nc(-c2ccc(CCNC(=O)CNC(=O)c3ccc(Br)o3)s2)cs1. The highest BCUT2D eigenvalue weighted by atomic mass is 79.9. The van der Waals surface area contributed by atoms with Crippen LogP contribution in [0.5, 0.6) is 0 Å². The van der Waals surface area contributed by atoms with Crippen LogP contribution in [0.25, 0.3) is 10.6 Å². The lowest BCUT2D eigenvalue weighted by molar-refractivity contribution is -0.120. The van der Waals surface area contributed by atoms with Gasteiger partial charge in [-0.05, 0) is 53.5 Å². The van der Waals surface area contributed by atoms with Crippen LogP contribution in [-0.2, 0) is 11.2 Å². The summed E-state index contributed by atoms with van der Waals surface area (Å²) < 4.78 is 5.59. The maximum Gasteiger partial charge on any atom is 0.287 e. The molecule has 3 rings (SSSR count). The Labute approximate surface area is 166 Å². The minimum Gasteiger partial charge on any atom is -0.444 e. The van der Waals surface area contributed by atoms with E-state index in [0.29, 0.717) is 11.2 Å². The van der Waals surface area contributed by atoms with E-state index in [1.807, 2.05) is 12.3 Å². The van der Waals surface area contributed by atoms with E-state index in [9.17, 15) is 9.59 Å². The van der Waals surface area contributed by atoms with Gasteiger partial charge in [0.15, 0.2) is 10.4 Å². The second-order valence-corrected chi connectivity index (χ2v) is 8.42. The number of carbonyl (C=O) groups excluding carboxylic acids is 2. The van der Waals surface area contributed by atoms with Gasteiger partial charge < -0.3 is 15.1 Å². The third-order valence-corrected chi connectivity index (χ3v) is 5.80. The lowest BCUT2D eigenvalue weighted by Crippen LogP contribution is -2.37. The number of thiophene rings is 1. The summed E-state index contributed by atoms with van der Waals surface area (Å²) in [6.45, 7) is 2.41. The van der Waals surface area contributed by atoms with E-state index in [4.69, 9.17) is 4.42 Å². The van der Waals surface area contributed by atoms with Gasteiger partial charge >= 0.3 is 0 Å². The quantitative estimate of drug-likeness (QED) is 0.571. The first-order valence-electron chi connectivity index (χ1n) is 7.83. The predicted molar refractivity (Wildman–Crippen MR) is 106 cm³/mol. The van der Waals surface area contributed by atoms with Crippen molar-refractivity contribution >= 4 is 50.4 Å². The number of hydrogen-bond acceptors (Lipinski definition) is 6. The third kappa shape index (κ3) is 5.03. The van der Waals surface area contributed by atoms with Gasteiger partial charge in [-0.1, -0.05) is 0 Å². The van der Waals surface area contributed by atoms with Crippen molar-refractivity contribution in [3.05, 3.63) is 50.0 Å². The number of nitrogens with zero attached hydrogens (tertiary/aromatic N) is 1. The highest BCUT2D eigenvalue weighted by Gasteiger charge is 2.12. The number of nitrogens with one attached hydrogen (secondary N) is 2. The Kier molecular flexibility index (Phi) is 6.23. The van der Waals surface area contributed by atoms with Gasteiger partial charge in [0.05, 0.1) is 22.1 Å². The number of aryl methyl sites for hydroxylation is 1. The summed E-state index contributed by atoms with van der Waals surface area (Å²) in [6.07, 6.45) is 0.735. The maximum atomic E-state index is 11.8. The molecule has 0 saturated heterocycles. The molecule has 0 aromatic carbocycles. The number of amides is 2. The standard InChI is InChI=1S/C17H16BrN3O3S2/c1-10-21-12(9-25-10)14-4-2-11(26-14)6-7-19-16(22)8-20-17(23)13-3-5-15(18)24-13/h2-5,9H,6-8H2,1H3,(H,19,22)(H,20,23). The fraction of sp³-hybridized carbons (Fsp3) is 0.235. The number of halogens is 1. The summed E-state index contributed by atoms with van der Waals surface area (Å²) in [5.41, 5.74) is 1.00. The smallest absolute Gasteiger partial charge is 0.287 e. The van der Waals surface area contributed by atoms with Crippen molar-refractivity contribution in [2.24, 2.45) is 0 Å². The molecule has 0 aliphatic heterocycles. The van der Waals surface area contributed by atoms with Crippen molar-refractivity contribution in [1.29, 1.82) is 0 Å². The number of thiazole rings is 1. The van der Waals surface area contributed by atoms with Crippen molar-refractivity contribution in [3.63, 3.8) is 0 Å². The fourth-order valence-electron chi connectivity index (χ4n) is 2.20. The van der Waals surface area contributed by atoms with Crippen LogP contribution >= 0.6 is 38.6 Å². The Morgan fingerprint density at radius 2 is 2.08 bits per heavy atom. The molecule has 9 heteroatoms. The van der Waals surface area contributed by atoms with Crippen molar-refractivity contribution < 1.29 is 14.0 Å². The van der Waals surface area contributed by atoms with E-state index in [1.54, 1.807) is 28.7 Å². The zero-order valence-corrected chi connectivity index (χ0v) is 17.1. The first kappa shape index (κ1) is 18.8. The van der Waals surface area contributed by atoms with Gasteiger partial charge in [0, 0.05) is 16.8 Å². The summed E-state index contributed by atoms with van der Waals surface area (Å²) in [7, 11) is 0. The molecule has 0 atom stereocenters. The van der Waals surface area contributed by atoms with Crippen molar-refractivity contribution in [3.8, 4) is 10.6 Å². The van der Waals surface area contributed by atoms with E-state index in [0.717, 1.165) is 22.0 Å². The van der Waals surface area contributed by atoms with Gasteiger partial charge in [0.1, 0.15) is 0 Å². The normalized spacial score (nSPS) is 10.7. The second-order valence-electron chi connectivity index (χ2n) is 5.40. The summed E-state index contributed by atoms with van der Waals surface area (Å²) >= 11 is 6.43. The van der Waals surface area contributed by atoms with E-state index >= 15 is 0 Å². The molecular weight excluding hydrogens is 438 g/mol. The monoisotopic (exact) mass is 453 g/mol. The Hall–Kier alpha value is -1.97. The molecule has 26 heavy (non-hydrogen) atoms. The molecule has 136 valence electrons. The van der Waals surface area contributed by atoms with Gasteiger partial charge in [-0.25, -0.2) is 4.98 Å². The van der Waals surface area contributed by atoms with Gasteiger partial charge in [-0.15, -0.1) is 22.7 Å². The van der Waals surface area contributed by atoms with E-state index in [2.05, 4.69) is 43.7 Å². The van der Waals surface area contributed by atoms with Crippen molar-refractivity contribution in [2.45, 2.75) is 13.3 Å². The van der Waals surface area contributed by atoms with Crippen molar-refractivity contribution in [1.82, 2.24) is 15.6 Å². The fourth-order valence-corrected chi connectivity index (χ4v) is 4.16. The molecular formula is C17H16BrN3O3S2. The summed E-state index contributed by atoms with van der Waals surface area (Å²) in [5, 5.41) is 8.41.